The van der Waals surface area contributed by atoms with E-state index in [0.717, 1.165) is 12.8 Å². The molecule has 0 radical (unpaired) electrons. The number of carbonyl (C=O) groups is 3. The lowest BCUT2D eigenvalue weighted by molar-refractivity contribution is -0.152. The molecule has 8 heteroatoms. The zero-order valence-electron chi connectivity index (χ0n) is 16.2. The number of hydroxylamine groups is 1. The highest BCUT2D eigenvalue weighted by Gasteiger charge is 2.41. The maximum atomic E-state index is 13.0. The number of hydrogen-bond acceptors (Lipinski definition) is 5. The minimum atomic E-state index is -1.64. The number of hydrogen-bond donors (Lipinski definition) is 4. The molecule has 26 heavy (non-hydrogen) atoms. The van der Waals surface area contributed by atoms with Crippen molar-refractivity contribution < 1.29 is 24.7 Å². The molecule has 0 saturated carbocycles. The van der Waals surface area contributed by atoms with E-state index in [1.807, 2.05) is 27.7 Å². The van der Waals surface area contributed by atoms with Gasteiger partial charge in [-0.3, -0.25) is 19.6 Å². The van der Waals surface area contributed by atoms with Gasteiger partial charge in [-0.15, -0.1) is 0 Å². The van der Waals surface area contributed by atoms with Crippen LogP contribution >= 0.6 is 0 Å². The smallest absolute Gasteiger partial charge is 0.272 e. The third kappa shape index (κ3) is 5.67. The summed E-state index contributed by atoms with van der Waals surface area (Å²) in [4.78, 5) is 38.7. The van der Waals surface area contributed by atoms with Crippen LogP contribution in [0.3, 0.4) is 0 Å². The average molecular weight is 371 g/mol. The van der Waals surface area contributed by atoms with Crippen molar-refractivity contribution in [1.29, 1.82) is 0 Å². The van der Waals surface area contributed by atoms with Gasteiger partial charge >= 0.3 is 0 Å². The van der Waals surface area contributed by atoms with E-state index in [1.54, 1.807) is 0 Å². The summed E-state index contributed by atoms with van der Waals surface area (Å²) in [5, 5.41) is 21.9. The molecular weight excluding hydrogens is 338 g/mol. The number of nitrogens with zero attached hydrogens (tertiary/aromatic N) is 1. The molecular formula is C18H33N3O5. The van der Waals surface area contributed by atoms with Crippen LogP contribution < -0.4 is 10.8 Å². The fourth-order valence-corrected chi connectivity index (χ4v) is 3.11. The Balaban J connectivity index is 2.94. The van der Waals surface area contributed by atoms with E-state index in [9.17, 15) is 19.5 Å². The number of rotatable bonds is 9. The first kappa shape index (κ1) is 22.4. The molecule has 1 aliphatic heterocycles. The lowest BCUT2D eigenvalue weighted by Crippen LogP contribution is -2.54. The summed E-state index contributed by atoms with van der Waals surface area (Å²) in [5.74, 6) is -2.61. The number of likely N-dealkylation sites (tertiary alicyclic amines) is 1. The lowest BCUT2D eigenvalue weighted by atomic mass is 9.93. The molecule has 1 fully saturated rings. The Labute approximate surface area is 155 Å². The number of nitrogens with one attached hydrogen (secondary N) is 2. The Morgan fingerprint density at radius 1 is 1.27 bits per heavy atom. The molecule has 1 aliphatic rings. The van der Waals surface area contributed by atoms with Crippen molar-refractivity contribution in [3.8, 4) is 0 Å². The number of amides is 3. The van der Waals surface area contributed by atoms with Gasteiger partial charge in [0, 0.05) is 12.1 Å². The number of aliphatic hydroxyl groups excluding tert-OH is 1. The first-order valence-electron chi connectivity index (χ1n) is 9.43. The predicted molar refractivity (Wildman–Crippen MR) is 96.2 cm³/mol. The van der Waals surface area contributed by atoms with Crippen LogP contribution in [0.5, 0.6) is 0 Å². The minimum Gasteiger partial charge on any atom is -0.382 e. The molecule has 0 bridgehead atoms. The van der Waals surface area contributed by atoms with Crippen LogP contribution in [0, 0.1) is 5.92 Å². The molecule has 0 unspecified atom stereocenters. The van der Waals surface area contributed by atoms with Gasteiger partial charge in [-0.25, -0.2) is 5.48 Å². The quantitative estimate of drug-likeness (QED) is 0.355. The van der Waals surface area contributed by atoms with Crippen LogP contribution in [0.15, 0.2) is 0 Å². The van der Waals surface area contributed by atoms with Crippen LogP contribution in [0.25, 0.3) is 0 Å². The highest BCUT2D eigenvalue weighted by molar-refractivity contribution is 5.92. The summed E-state index contributed by atoms with van der Waals surface area (Å²) in [5.41, 5.74) is 1.03. The Bertz CT molecular complexity index is 509. The van der Waals surface area contributed by atoms with Crippen molar-refractivity contribution >= 4 is 17.7 Å². The standard InChI is InChI=1S/C18H33N3O5/c1-5-7-9-12(14(22)16(24)20-26)17(25)21-11-8-10-13(21)15(23)19-18(3,4)6-2/h12-14,22,26H,5-11H2,1-4H3,(H,19,23)(H,20,24)/t12-,13+,14+/m1/s1. The van der Waals surface area contributed by atoms with E-state index >= 15 is 0 Å². The van der Waals surface area contributed by atoms with Gasteiger partial charge in [0.25, 0.3) is 5.91 Å². The SMILES string of the molecule is CCCC[C@@H](C(=O)N1CCC[C@H]1C(=O)NC(C)(C)CC)[C@H](O)C(=O)NO. The third-order valence-corrected chi connectivity index (χ3v) is 5.13. The first-order chi connectivity index (χ1) is 12.2. The van der Waals surface area contributed by atoms with Crippen LogP contribution in [-0.2, 0) is 14.4 Å². The summed E-state index contributed by atoms with van der Waals surface area (Å²) < 4.78 is 0. The Morgan fingerprint density at radius 2 is 1.92 bits per heavy atom. The van der Waals surface area contributed by atoms with Crippen molar-refractivity contribution in [3.63, 3.8) is 0 Å². The summed E-state index contributed by atoms with van der Waals surface area (Å²) in [6.07, 6.45) is 2.13. The molecule has 3 amide bonds. The van der Waals surface area contributed by atoms with Crippen molar-refractivity contribution in [2.75, 3.05) is 6.54 Å². The highest BCUT2D eigenvalue weighted by atomic mass is 16.5. The second-order valence-corrected chi connectivity index (χ2v) is 7.59. The molecule has 0 aromatic rings. The maximum absolute atomic E-state index is 13.0. The number of aliphatic hydroxyl groups is 1. The third-order valence-electron chi connectivity index (χ3n) is 5.13. The zero-order chi connectivity index (χ0) is 19.9. The summed E-state index contributed by atoms with van der Waals surface area (Å²) >= 11 is 0. The second-order valence-electron chi connectivity index (χ2n) is 7.59. The maximum Gasteiger partial charge on any atom is 0.272 e. The van der Waals surface area contributed by atoms with E-state index in [2.05, 4.69) is 5.32 Å². The number of carbonyl (C=O) groups excluding carboxylic acids is 3. The van der Waals surface area contributed by atoms with E-state index in [4.69, 9.17) is 5.21 Å². The summed E-state index contributed by atoms with van der Waals surface area (Å²) in [6.45, 7) is 8.18. The van der Waals surface area contributed by atoms with Crippen LogP contribution in [0.4, 0.5) is 0 Å². The minimum absolute atomic E-state index is 0.210. The van der Waals surface area contributed by atoms with Crippen molar-refractivity contribution in [2.45, 2.75) is 83.9 Å². The topological polar surface area (TPSA) is 119 Å². The normalized spacial score (nSPS) is 19.8. The molecule has 0 aromatic carbocycles. The average Bonchev–Trinajstić information content (AvgIpc) is 3.10. The van der Waals surface area contributed by atoms with Gasteiger partial charge in [0.15, 0.2) is 0 Å². The van der Waals surface area contributed by atoms with Crippen LogP contribution in [0.2, 0.25) is 0 Å². The van der Waals surface area contributed by atoms with Crippen molar-refractivity contribution in [2.24, 2.45) is 5.92 Å². The molecule has 0 aliphatic carbocycles. The van der Waals surface area contributed by atoms with Crippen molar-refractivity contribution in [3.05, 3.63) is 0 Å². The second kappa shape index (κ2) is 9.87. The first-order valence-corrected chi connectivity index (χ1v) is 9.43. The molecule has 150 valence electrons. The fourth-order valence-electron chi connectivity index (χ4n) is 3.11. The molecule has 0 spiro atoms. The summed E-state index contributed by atoms with van der Waals surface area (Å²) in [6, 6.07) is -0.596. The molecule has 1 saturated heterocycles. The van der Waals surface area contributed by atoms with Crippen LogP contribution in [-0.4, -0.2) is 57.2 Å². The Morgan fingerprint density at radius 3 is 2.46 bits per heavy atom. The van der Waals surface area contributed by atoms with Gasteiger partial charge in [0.2, 0.25) is 11.8 Å². The predicted octanol–water partition coefficient (Wildman–Crippen LogP) is 0.955. The van der Waals surface area contributed by atoms with Gasteiger partial charge in [-0.2, -0.15) is 0 Å². The van der Waals surface area contributed by atoms with E-state index in [1.165, 1.54) is 10.4 Å². The summed E-state index contributed by atoms with van der Waals surface area (Å²) in [7, 11) is 0. The molecule has 0 aromatic heterocycles. The van der Waals surface area contributed by atoms with Gasteiger partial charge < -0.3 is 15.3 Å². The molecule has 8 nitrogen and oxygen atoms in total. The molecule has 1 heterocycles. The van der Waals surface area contributed by atoms with Crippen LogP contribution in [0.1, 0.15) is 66.2 Å². The van der Waals surface area contributed by atoms with E-state index in [0.29, 0.717) is 32.2 Å². The Hall–Kier alpha value is -1.67. The van der Waals surface area contributed by atoms with E-state index < -0.39 is 29.9 Å². The largest absolute Gasteiger partial charge is 0.382 e. The van der Waals surface area contributed by atoms with Gasteiger partial charge in [-0.1, -0.05) is 26.7 Å². The van der Waals surface area contributed by atoms with Gasteiger partial charge in [0.05, 0.1) is 5.92 Å². The van der Waals surface area contributed by atoms with E-state index in [-0.39, 0.29) is 11.4 Å². The highest BCUT2D eigenvalue weighted by Crippen LogP contribution is 2.25. The molecule has 3 atom stereocenters. The number of unbranched alkanes of at least 4 members (excludes halogenated alkanes) is 1. The fraction of sp³-hybridized carbons (Fsp3) is 0.833. The van der Waals surface area contributed by atoms with Gasteiger partial charge in [-0.05, 0) is 39.5 Å². The Kier molecular flexibility index (Phi) is 8.49. The monoisotopic (exact) mass is 371 g/mol. The zero-order valence-corrected chi connectivity index (χ0v) is 16.2. The molecule has 1 rings (SSSR count). The lowest BCUT2D eigenvalue weighted by Gasteiger charge is -2.32. The van der Waals surface area contributed by atoms with Gasteiger partial charge in [0.1, 0.15) is 12.1 Å². The molecule has 4 N–H and O–H groups in total. The van der Waals surface area contributed by atoms with Crippen molar-refractivity contribution in [1.82, 2.24) is 15.7 Å².